The summed E-state index contributed by atoms with van der Waals surface area (Å²) in [7, 11) is 0. The average molecular weight is 279 g/mol. The Morgan fingerprint density at radius 1 is 1.45 bits per heavy atom. The van der Waals surface area contributed by atoms with Gasteiger partial charge < -0.3 is 15.0 Å². The third-order valence-corrected chi connectivity index (χ3v) is 4.30. The lowest BCUT2D eigenvalue weighted by Gasteiger charge is -2.23. The second kappa shape index (κ2) is 6.29. The Morgan fingerprint density at radius 2 is 2.10 bits per heavy atom. The average Bonchev–Trinajstić information content (AvgIpc) is 3.05. The number of ether oxygens (including phenoxy) is 1. The summed E-state index contributed by atoms with van der Waals surface area (Å²) >= 11 is 0. The highest BCUT2D eigenvalue weighted by Gasteiger charge is 2.29. The first-order valence-electron chi connectivity index (χ1n) is 7.63. The molecule has 1 atom stereocenters. The summed E-state index contributed by atoms with van der Waals surface area (Å²) in [5.74, 6) is 1.55. The molecule has 0 saturated heterocycles. The lowest BCUT2D eigenvalue weighted by atomic mass is 9.99. The van der Waals surface area contributed by atoms with Gasteiger partial charge in [0.15, 0.2) is 5.69 Å². The van der Waals surface area contributed by atoms with Crippen LogP contribution in [-0.4, -0.2) is 22.1 Å². The van der Waals surface area contributed by atoms with Gasteiger partial charge in [-0.25, -0.2) is 9.78 Å². The van der Waals surface area contributed by atoms with Gasteiger partial charge in [-0.2, -0.15) is 0 Å². The number of carbonyl (C=O) groups is 1. The third-order valence-electron chi connectivity index (χ3n) is 4.30. The Labute approximate surface area is 120 Å². The van der Waals surface area contributed by atoms with Crippen molar-refractivity contribution in [2.75, 3.05) is 12.3 Å². The number of aromatic nitrogens is 2. The molecule has 1 unspecified atom stereocenters. The minimum Gasteiger partial charge on any atom is -0.461 e. The summed E-state index contributed by atoms with van der Waals surface area (Å²) in [6, 6.07) is 0.295. The predicted octanol–water partition coefficient (Wildman–Crippen LogP) is 2.96. The summed E-state index contributed by atoms with van der Waals surface area (Å²) in [4.78, 5) is 16.3. The maximum Gasteiger partial charge on any atom is 0.360 e. The second-order valence-corrected chi connectivity index (χ2v) is 5.49. The van der Waals surface area contributed by atoms with Crippen molar-refractivity contribution in [2.24, 2.45) is 5.92 Å². The van der Waals surface area contributed by atoms with E-state index in [0.717, 1.165) is 12.2 Å². The number of carbonyl (C=O) groups excluding carboxylic acids is 1. The Kier molecular flexibility index (Phi) is 4.68. The van der Waals surface area contributed by atoms with E-state index in [9.17, 15) is 4.79 Å². The lowest BCUT2D eigenvalue weighted by molar-refractivity contribution is 0.0521. The van der Waals surface area contributed by atoms with Crippen molar-refractivity contribution in [3.63, 3.8) is 0 Å². The highest BCUT2D eigenvalue weighted by Crippen LogP contribution is 2.36. The Balaban J connectivity index is 2.33. The van der Waals surface area contributed by atoms with Crippen LogP contribution in [0.1, 0.15) is 68.8 Å². The highest BCUT2D eigenvalue weighted by molar-refractivity contribution is 5.92. The SMILES string of the molecule is CCOC(=O)c1nc(CC)n(C(C)C2CCCC2)c1N. The zero-order valence-corrected chi connectivity index (χ0v) is 12.7. The summed E-state index contributed by atoms with van der Waals surface area (Å²) in [5.41, 5.74) is 6.45. The molecule has 112 valence electrons. The Morgan fingerprint density at radius 3 is 2.65 bits per heavy atom. The van der Waals surface area contributed by atoms with Crippen molar-refractivity contribution < 1.29 is 9.53 Å². The fourth-order valence-corrected chi connectivity index (χ4v) is 3.20. The molecule has 2 rings (SSSR count). The normalized spacial score (nSPS) is 17.4. The van der Waals surface area contributed by atoms with Crippen LogP contribution in [0.3, 0.4) is 0 Å². The molecule has 0 spiro atoms. The number of imidazole rings is 1. The Bertz CT molecular complexity index is 476. The van der Waals surface area contributed by atoms with E-state index in [-0.39, 0.29) is 5.69 Å². The van der Waals surface area contributed by atoms with E-state index >= 15 is 0 Å². The van der Waals surface area contributed by atoms with Gasteiger partial charge in [-0.15, -0.1) is 0 Å². The third kappa shape index (κ3) is 2.67. The van der Waals surface area contributed by atoms with E-state index in [4.69, 9.17) is 10.5 Å². The number of aryl methyl sites for hydroxylation is 1. The van der Waals surface area contributed by atoms with E-state index in [2.05, 4.69) is 11.9 Å². The molecule has 0 aliphatic heterocycles. The zero-order valence-electron chi connectivity index (χ0n) is 12.7. The van der Waals surface area contributed by atoms with Gasteiger partial charge in [0.05, 0.1) is 6.61 Å². The van der Waals surface area contributed by atoms with Crippen LogP contribution in [0.4, 0.5) is 5.82 Å². The van der Waals surface area contributed by atoms with E-state index in [1.54, 1.807) is 6.92 Å². The van der Waals surface area contributed by atoms with Gasteiger partial charge >= 0.3 is 5.97 Å². The fourth-order valence-electron chi connectivity index (χ4n) is 3.20. The lowest BCUT2D eigenvalue weighted by Crippen LogP contribution is -2.19. The first-order valence-corrected chi connectivity index (χ1v) is 7.63. The molecule has 1 saturated carbocycles. The van der Waals surface area contributed by atoms with Crippen molar-refractivity contribution in [1.29, 1.82) is 0 Å². The van der Waals surface area contributed by atoms with Crippen LogP contribution in [0, 0.1) is 5.92 Å². The highest BCUT2D eigenvalue weighted by atomic mass is 16.5. The van der Waals surface area contributed by atoms with Crippen molar-refractivity contribution in [2.45, 2.75) is 58.9 Å². The van der Waals surface area contributed by atoms with Crippen molar-refractivity contribution in [1.82, 2.24) is 9.55 Å². The van der Waals surface area contributed by atoms with Crippen LogP contribution in [0.5, 0.6) is 0 Å². The number of hydrogen-bond donors (Lipinski definition) is 1. The maximum atomic E-state index is 11.9. The summed E-state index contributed by atoms with van der Waals surface area (Å²) in [5, 5.41) is 0. The molecule has 1 aromatic rings. The van der Waals surface area contributed by atoms with Gasteiger partial charge in [0.25, 0.3) is 0 Å². The van der Waals surface area contributed by atoms with E-state index in [1.807, 2.05) is 11.5 Å². The number of nitrogen functional groups attached to an aromatic ring is 1. The molecule has 0 amide bonds. The molecule has 1 aliphatic carbocycles. The predicted molar refractivity (Wildman–Crippen MR) is 78.6 cm³/mol. The van der Waals surface area contributed by atoms with Crippen LogP contribution < -0.4 is 5.73 Å². The molecule has 1 aliphatic rings. The first-order chi connectivity index (χ1) is 9.60. The first kappa shape index (κ1) is 14.9. The number of nitrogens with zero attached hydrogens (tertiary/aromatic N) is 2. The van der Waals surface area contributed by atoms with Crippen LogP contribution >= 0.6 is 0 Å². The Hall–Kier alpha value is -1.52. The van der Waals surface area contributed by atoms with Crippen molar-refractivity contribution in [3.8, 4) is 0 Å². The molecule has 0 radical (unpaired) electrons. The second-order valence-electron chi connectivity index (χ2n) is 5.49. The minimum atomic E-state index is -0.419. The molecule has 2 N–H and O–H groups in total. The molecule has 0 bridgehead atoms. The number of rotatable bonds is 5. The van der Waals surface area contributed by atoms with Gasteiger partial charge in [-0.1, -0.05) is 19.8 Å². The summed E-state index contributed by atoms with van der Waals surface area (Å²) < 4.78 is 7.08. The number of hydrogen-bond acceptors (Lipinski definition) is 4. The minimum absolute atomic E-state index is 0.272. The molecule has 20 heavy (non-hydrogen) atoms. The van der Waals surface area contributed by atoms with Crippen LogP contribution in [0.15, 0.2) is 0 Å². The smallest absolute Gasteiger partial charge is 0.360 e. The van der Waals surface area contributed by atoms with Gasteiger partial charge in [-0.3, -0.25) is 0 Å². The molecule has 5 heteroatoms. The van der Waals surface area contributed by atoms with Gasteiger partial charge in [-0.05, 0) is 32.6 Å². The standard InChI is InChI=1S/C15H25N3O2/c1-4-12-17-13(15(19)20-5-2)14(16)18(12)10(3)11-8-6-7-9-11/h10-11H,4-9,16H2,1-3H3. The van der Waals surface area contributed by atoms with Crippen LogP contribution in [-0.2, 0) is 11.2 Å². The van der Waals surface area contributed by atoms with Crippen molar-refractivity contribution >= 4 is 11.8 Å². The topological polar surface area (TPSA) is 70.1 Å². The number of nitrogens with two attached hydrogens (primary N) is 1. The van der Waals surface area contributed by atoms with Crippen LogP contribution in [0.2, 0.25) is 0 Å². The molecular formula is C15H25N3O2. The largest absolute Gasteiger partial charge is 0.461 e. The summed E-state index contributed by atoms with van der Waals surface area (Å²) in [6.45, 7) is 6.34. The quantitative estimate of drug-likeness (QED) is 0.841. The monoisotopic (exact) mass is 279 g/mol. The number of esters is 1. The van der Waals surface area contributed by atoms with Gasteiger partial charge in [0.1, 0.15) is 11.6 Å². The van der Waals surface area contributed by atoms with E-state index in [1.165, 1.54) is 25.7 Å². The molecule has 1 fully saturated rings. The van der Waals surface area contributed by atoms with E-state index < -0.39 is 5.97 Å². The molecular weight excluding hydrogens is 254 g/mol. The van der Waals surface area contributed by atoms with Crippen LogP contribution in [0.25, 0.3) is 0 Å². The maximum absolute atomic E-state index is 11.9. The molecule has 1 aromatic heterocycles. The van der Waals surface area contributed by atoms with Gasteiger partial charge in [0, 0.05) is 12.5 Å². The molecule has 0 aromatic carbocycles. The summed E-state index contributed by atoms with van der Waals surface area (Å²) in [6.07, 6.45) is 5.81. The van der Waals surface area contributed by atoms with E-state index in [0.29, 0.717) is 24.4 Å². The van der Waals surface area contributed by atoms with Gasteiger partial charge in [0.2, 0.25) is 0 Å². The molecule has 1 heterocycles. The zero-order chi connectivity index (χ0) is 14.7. The number of anilines is 1. The fraction of sp³-hybridized carbons (Fsp3) is 0.733. The van der Waals surface area contributed by atoms with Crippen molar-refractivity contribution in [3.05, 3.63) is 11.5 Å². The molecule has 5 nitrogen and oxygen atoms in total.